The molecule has 1 rings (SSSR count). The van der Waals surface area contributed by atoms with E-state index in [4.69, 9.17) is 10.9 Å². The fourth-order valence-electron chi connectivity index (χ4n) is 1.80. The Morgan fingerprint density at radius 3 is 2.79 bits per heavy atom. The maximum absolute atomic E-state index is 9.73. The topological polar surface area (TPSA) is 90.9 Å². The van der Waals surface area contributed by atoms with E-state index in [-0.39, 0.29) is 18.0 Å². The third-order valence-electron chi connectivity index (χ3n) is 2.65. The number of aliphatic hydroxyl groups excluding tert-OH is 1. The van der Waals surface area contributed by atoms with E-state index in [2.05, 4.69) is 10.5 Å². The molecular weight excluding hydrogens is 182 g/mol. The summed E-state index contributed by atoms with van der Waals surface area (Å²) in [5.41, 5.74) is 5.33. The normalized spacial score (nSPS) is 29.9. The Morgan fingerprint density at radius 2 is 2.07 bits per heavy atom. The van der Waals surface area contributed by atoms with Gasteiger partial charge in [0, 0.05) is 6.04 Å². The summed E-state index contributed by atoms with van der Waals surface area (Å²) in [6.45, 7) is 0.332. The molecular formula is C9H19N3O2. The monoisotopic (exact) mass is 201 g/mol. The zero-order chi connectivity index (χ0) is 10.4. The highest BCUT2D eigenvalue weighted by molar-refractivity contribution is 5.81. The van der Waals surface area contributed by atoms with E-state index in [0.717, 1.165) is 25.7 Å². The SMILES string of the molecule is NC(CNC1CCCCCC1O)=NO. The van der Waals surface area contributed by atoms with Gasteiger partial charge in [-0.2, -0.15) is 0 Å². The molecule has 0 heterocycles. The average molecular weight is 201 g/mol. The van der Waals surface area contributed by atoms with Crippen LogP contribution in [0.25, 0.3) is 0 Å². The third-order valence-corrected chi connectivity index (χ3v) is 2.65. The molecule has 5 heteroatoms. The van der Waals surface area contributed by atoms with Crippen LogP contribution in [-0.2, 0) is 0 Å². The van der Waals surface area contributed by atoms with Gasteiger partial charge in [-0.05, 0) is 12.8 Å². The first kappa shape index (κ1) is 11.3. The summed E-state index contributed by atoms with van der Waals surface area (Å²) in [7, 11) is 0. The van der Waals surface area contributed by atoms with Gasteiger partial charge < -0.3 is 21.4 Å². The number of rotatable bonds is 3. The summed E-state index contributed by atoms with van der Waals surface area (Å²) in [6.07, 6.45) is 4.89. The number of oxime groups is 1. The minimum absolute atomic E-state index is 0.0813. The lowest BCUT2D eigenvalue weighted by molar-refractivity contribution is 0.122. The number of amidine groups is 1. The van der Waals surface area contributed by atoms with Crippen LogP contribution in [0, 0.1) is 0 Å². The zero-order valence-electron chi connectivity index (χ0n) is 8.32. The summed E-state index contributed by atoms with van der Waals surface area (Å²) >= 11 is 0. The Balaban J connectivity index is 2.33. The number of nitrogens with one attached hydrogen (secondary N) is 1. The van der Waals surface area contributed by atoms with Crippen molar-refractivity contribution in [1.29, 1.82) is 0 Å². The van der Waals surface area contributed by atoms with Crippen LogP contribution in [0.4, 0.5) is 0 Å². The first-order valence-corrected chi connectivity index (χ1v) is 5.12. The largest absolute Gasteiger partial charge is 0.409 e. The molecule has 14 heavy (non-hydrogen) atoms. The van der Waals surface area contributed by atoms with E-state index in [1.165, 1.54) is 6.42 Å². The van der Waals surface area contributed by atoms with Crippen LogP contribution >= 0.6 is 0 Å². The maximum Gasteiger partial charge on any atom is 0.153 e. The summed E-state index contributed by atoms with van der Waals surface area (Å²) in [4.78, 5) is 0. The van der Waals surface area contributed by atoms with Gasteiger partial charge in [-0.1, -0.05) is 24.4 Å². The van der Waals surface area contributed by atoms with Crippen LogP contribution in [0.1, 0.15) is 32.1 Å². The van der Waals surface area contributed by atoms with Gasteiger partial charge in [-0.3, -0.25) is 0 Å². The number of nitrogens with two attached hydrogens (primary N) is 1. The van der Waals surface area contributed by atoms with Crippen molar-refractivity contribution in [2.45, 2.75) is 44.2 Å². The van der Waals surface area contributed by atoms with E-state index in [9.17, 15) is 5.11 Å². The molecule has 1 aliphatic rings. The lowest BCUT2D eigenvalue weighted by Gasteiger charge is -2.21. The van der Waals surface area contributed by atoms with Crippen LogP contribution in [0.3, 0.4) is 0 Å². The smallest absolute Gasteiger partial charge is 0.153 e. The van der Waals surface area contributed by atoms with Crippen molar-refractivity contribution in [1.82, 2.24) is 5.32 Å². The molecule has 0 aromatic carbocycles. The van der Waals surface area contributed by atoms with E-state index < -0.39 is 0 Å². The summed E-state index contributed by atoms with van der Waals surface area (Å²) in [5, 5.41) is 24.0. The highest BCUT2D eigenvalue weighted by Gasteiger charge is 2.20. The maximum atomic E-state index is 9.73. The molecule has 0 spiro atoms. The summed E-state index contributed by atoms with van der Waals surface area (Å²) < 4.78 is 0. The average Bonchev–Trinajstić information content (AvgIpc) is 2.39. The number of hydrogen-bond acceptors (Lipinski definition) is 4. The third kappa shape index (κ3) is 3.51. The molecule has 0 radical (unpaired) electrons. The molecule has 0 bridgehead atoms. The van der Waals surface area contributed by atoms with E-state index >= 15 is 0 Å². The number of hydrogen-bond donors (Lipinski definition) is 4. The zero-order valence-corrected chi connectivity index (χ0v) is 8.32. The van der Waals surface area contributed by atoms with Gasteiger partial charge in [0.25, 0.3) is 0 Å². The van der Waals surface area contributed by atoms with Crippen molar-refractivity contribution in [2.75, 3.05) is 6.54 Å². The molecule has 0 aromatic rings. The molecule has 0 aliphatic heterocycles. The molecule has 1 aliphatic carbocycles. The minimum atomic E-state index is -0.302. The molecule has 2 unspecified atom stereocenters. The number of nitrogens with zero attached hydrogens (tertiary/aromatic N) is 1. The van der Waals surface area contributed by atoms with E-state index in [1.807, 2.05) is 0 Å². The van der Waals surface area contributed by atoms with E-state index in [1.54, 1.807) is 0 Å². The predicted octanol–water partition coefficient (Wildman–Crippen LogP) is 0.0160. The molecule has 5 nitrogen and oxygen atoms in total. The quantitative estimate of drug-likeness (QED) is 0.170. The van der Waals surface area contributed by atoms with E-state index in [0.29, 0.717) is 6.54 Å². The fourth-order valence-corrected chi connectivity index (χ4v) is 1.80. The van der Waals surface area contributed by atoms with Crippen molar-refractivity contribution in [3.8, 4) is 0 Å². The molecule has 82 valence electrons. The van der Waals surface area contributed by atoms with Crippen molar-refractivity contribution in [2.24, 2.45) is 10.9 Å². The van der Waals surface area contributed by atoms with Crippen LogP contribution in [0.5, 0.6) is 0 Å². The van der Waals surface area contributed by atoms with Crippen molar-refractivity contribution in [3.63, 3.8) is 0 Å². The van der Waals surface area contributed by atoms with Crippen LogP contribution < -0.4 is 11.1 Å². The van der Waals surface area contributed by atoms with Crippen molar-refractivity contribution < 1.29 is 10.3 Å². The molecule has 1 saturated carbocycles. The lowest BCUT2D eigenvalue weighted by Crippen LogP contribution is -2.43. The first-order valence-electron chi connectivity index (χ1n) is 5.12. The number of aliphatic hydroxyl groups is 1. The molecule has 0 aromatic heterocycles. The Kier molecular flexibility index (Phi) is 4.69. The fraction of sp³-hybridized carbons (Fsp3) is 0.889. The highest BCUT2D eigenvalue weighted by atomic mass is 16.4. The Labute approximate surface area is 84.0 Å². The minimum Gasteiger partial charge on any atom is -0.409 e. The summed E-state index contributed by atoms with van der Waals surface area (Å²) in [5.74, 6) is 0.154. The second-order valence-corrected chi connectivity index (χ2v) is 3.78. The first-order chi connectivity index (χ1) is 6.74. The van der Waals surface area contributed by atoms with Crippen molar-refractivity contribution >= 4 is 5.84 Å². The lowest BCUT2D eigenvalue weighted by atomic mass is 10.1. The molecule has 5 N–H and O–H groups in total. The van der Waals surface area contributed by atoms with Crippen molar-refractivity contribution in [3.05, 3.63) is 0 Å². The second-order valence-electron chi connectivity index (χ2n) is 3.78. The van der Waals surface area contributed by atoms with Crippen LogP contribution in [-0.4, -0.2) is 34.8 Å². The Morgan fingerprint density at radius 1 is 1.36 bits per heavy atom. The molecule has 2 atom stereocenters. The standard InChI is InChI=1S/C9H19N3O2/c10-9(12-14)6-11-7-4-2-1-3-5-8(7)13/h7-8,11,13-14H,1-6H2,(H2,10,12). The summed E-state index contributed by atoms with van der Waals surface area (Å²) in [6, 6.07) is 0.0813. The van der Waals surface area contributed by atoms with Gasteiger partial charge in [-0.15, -0.1) is 0 Å². The van der Waals surface area contributed by atoms with Gasteiger partial charge in [0.2, 0.25) is 0 Å². The highest BCUT2D eigenvalue weighted by Crippen LogP contribution is 2.17. The van der Waals surface area contributed by atoms with Gasteiger partial charge >= 0.3 is 0 Å². The van der Waals surface area contributed by atoms with Gasteiger partial charge in [-0.25, -0.2) is 0 Å². The Bertz CT molecular complexity index is 196. The van der Waals surface area contributed by atoms with Gasteiger partial charge in [0.05, 0.1) is 12.6 Å². The second kappa shape index (κ2) is 5.82. The molecule has 0 saturated heterocycles. The Hall–Kier alpha value is -0.810. The van der Waals surface area contributed by atoms with Gasteiger partial charge in [0.15, 0.2) is 5.84 Å². The molecule has 0 amide bonds. The van der Waals surface area contributed by atoms with Crippen LogP contribution in [0.2, 0.25) is 0 Å². The molecule has 1 fully saturated rings. The predicted molar refractivity (Wildman–Crippen MR) is 54.3 cm³/mol. The van der Waals surface area contributed by atoms with Crippen LogP contribution in [0.15, 0.2) is 5.16 Å². The van der Waals surface area contributed by atoms with Gasteiger partial charge in [0.1, 0.15) is 0 Å².